The maximum Gasteiger partial charge on any atom is 0.221 e. The molecule has 1 unspecified atom stereocenters. The molecule has 1 aromatic rings. The number of hydrogen-bond acceptors (Lipinski definition) is 4. The minimum Gasteiger partial charge on any atom is -0.378 e. The monoisotopic (exact) mass is 341 g/mol. The Balaban J connectivity index is 0.00000264. The van der Waals surface area contributed by atoms with E-state index in [2.05, 4.69) is 16.0 Å². The number of nitrogens with one attached hydrogen (secondary N) is 3. The molecule has 1 saturated heterocycles. The number of carbonyl (C=O) groups is 2. The molecule has 0 saturated carbocycles. The van der Waals surface area contributed by atoms with Crippen molar-refractivity contribution in [1.82, 2.24) is 10.6 Å². The van der Waals surface area contributed by atoms with E-state index in [9.17, 15) is 9.59 Å². The molecule has 23 heavy (non-hydrogen) atoms. The van der Waals surface area contributed by atoms with Crippen LogP contribution in [0.5, 0.6) is 0 Å². The molecule has 0 radical (unpaired) electrons. The first-order valence-electron chi connectivity index (χ1n) is 7.58. The van der Waals surface area contributed by atoms with Crippen LogP contribution in [0.4, 0.5) is 5.69 Å². The molecule has 1 aromatic carbocycles. The van der Waals surface area contributed by atoms with Crippen molar-refractivity contribution in [2.24, 2.45) is 0 Å². The summed E-state index contributed by atoms with van der Waals surface area (Å²) in [6.07, 6.45) is 1.21. The van der Waals surface area contributed by atoms with E-state index in [4.69, 9.17) is 4.74 Å². The molecule has 0 aliphatic carbocycles. The topological polar surface area (TPSA) is 79.5 Å². The molecule has 1 fully saturated rings. The molecule has 3 N–H and O–H groups in total. The van der Waals surface area contributed by atoms with Crippen molar-refractivity contribution in [1.29, 1.82) is 0 Å². The van der Waals surface area contributed by atoms with Gasteiger partial charge in [-0.05, 0) is 24.1 Å². The summed E-state index contributed by atoms with van der Waals surface area (Å²) in [6.45, 7) is 4.20. The van der Waals surface area contributed by atoms with E-state index in [1.807, 2.05) is 24.3 Å². The van der Waals surface area contributed by atoms with Gasteiger partial charge in [0.15, 0.2) is 0 Å². The summed E-state index contributed by atoms with van der Waals surface area (Å²) in [7, 11) is 0. The van der Waals surface area contributed by atoms with Crippen LogP contribution in [0, 0.1) is 0 Å². The predicted octanol–water partition coefficient (Wildman–Crippen LogP) is 1.10. The highest BCUT2D eigenvalue weighted by atomic mass is 35.5. The molecular weight excluding hydrogens is 318 g/mol. The van der Waals surface area contributed by atoms with Crippen LogP contribution in [-0.2, 0) is 20.7 Å². The third-order valence-electron chi connectivity index (χ3n) is 3.44. The lowest BCUT2D eigenvalue weighted by atomic mass is 10.1. The summed E-state index contributed by atoms with van der Waals surface area (Å²) in [5.41, 5.74) is 1.90. The average Bonchev–Trinajstić information content (AvgIpc) is 2.49. The summed E-state index contributed by atoms with van der Waals surface area (Å²) in [6, 6.07) is 7.75. The summed E-state index contributed by atoms with van der Waals surface area (Å²) < 4.78 is 5.32. The maximum atomic E-state index is 11.8. The molecule has 1 aliphatic heterocycles. The van der Waals surface area contributed by atoms with Gasteiger partial charge in [0, 0.05) is 38.2 Å². The van der Waals surface area contributed by atoms with E-state index >= 15 is 0 Å². The smallest absolute Gasteiger partial charge is 0.221 e. The second kappa shape index (κ2) is 10.2. The number of anilines is 1. The van der Waals surface area contributed by atoms with Gasteiger partial charge >= 0.3 is 0 Å². The number of ether oxygens (including phenoxy) is 1. The Morgan fingerprint density at radius 2 is 2.04 bits per heavy atom. The zero-order valence-electron chi connectivity index (χ0n) is 13.3. The van der Waals surface area contributed by atoms with Gasteiger partial charge in [0.05, 0.1) is 13.2 Å². The Labute approximate surface area is 142 Å². The van der Waals surface area contributed by atoms with Crippen LogP contribution < -0.4 is 16.0 Å². The fourth-order valence-corrected chi connectivity index (χ4v) is 2.35. The number of benzene rings is 1. The average molecular weight is 342 g/mol. The lowest BCUT2D eigenvalue weighted by Crippen LogP contribution is -2.44. The highest BCUT2D eigenvalue weighted by molar-refractivity contribution is 5.88. The molecule has 2 rings (SSSR count). The molecule has 0 bridgehead atoms. The highest BCUT2D eigenvalue weighted by Crippen LogP contribution is 2.09. The van der Waals surface area contributed by atoms with Gasteiger partial charge < -0.3 is 20.7 Å². The number of amides is 2. The van der Waals surface area contributed by atoms with Crippen LogP contribution >= 0.6 is 12.4 Å². The summed E-state index contributed by atoms with van der Waals surface area (Å²) in [5.74, 6) is -0.0434. The van der Waals surface area contributed by atoms with Crippen molar-refractivity contribution in [2.75, 3.05) is 31.6 Å². The van der Waals surface area contributed by atoms with Gasteiger partial charge in [-0.15, -0.1) is 12.4 Å². The van der Waals surface area contributed by atoms with Gasteiger partial charge in [0.2, 0.25) is 11.8 Å². The minimum atomic E-state index is -0.0830. The Morgan fingerprint density at radius 3 is 2.65 bits per heavy atom. The predicted molar refractivity (Wildman–Crippen MR) is 91.9 cm³/mol. The molecule has 1 heterocycles. The second-order valence-corrected chi connectivity index (χ2v) is 5.41. The zero-order valence-corrected chi connectivity index (χ0v) is 14.1. The normalized spacial score (nSPS) is 17.0. The molecule has 1 aliphatic rings. The fourth-order valence-electron chi connectivity index (χ4n) is 2.35. The number of hydrogen-bond donors (Lipinski definition) is 3. The first-order valence-corrected chi connectivity index (χ1v) is 7.58. The Kier molecular flexibility index (Phi) is 8.61. The van der Waals surface area contributed by atoms with Crippen molar-refractivity contribution < 1.29 is 14.3 Å². The Hall–Kier alpha value is -1.63. The van der Waals surface area contributed by atoms with Crippen LogP contribution in [0.25, 0.3) is 0 Å². The molecule has 0 aromatic heterocycles. The SMILES string of the molecule is CC(=O)Nc1ccc(CCNC(=O)CC2COCCN2)cc1.Cl. The van der Waals surface area contributed by atoms with Gasteiger partial charge in [-0.3, -0.25) is 9.59 Å². The van der Waals surface area contributed by atoms with Gasteiger partial charge in [0.25, 0.3) is 0 Å². The van der Waals surface area contributed by atoms with Crippen LogP contribution in [0.15, 0.2) is 24.3 Å². The van der Waals surface area contributed by atoms with Crippen molar-refractivity contribution in [2.45, 2.75) is 25.8 Å². The number of halogens is 1. The van der Waals surface area contributed by atoms with Crippen LogP contribution in [0.3, 0.4) is 0 Å². The van der Waals surface area contributed by atoms with Crippen LogP contribution in [-0.4, -0.2) is 44.2 Å². The summed E-state index contributed by atoms with van der Waals surface area (Å²) >= 11 is 0. The second-order valence-electron chi connectivity index (χ2n) is 5.41. The van der Waals surface area contributed by atoms with E-state index in [0.29, 0.717) is 26.2 Å². The molecule has 7 heteroatoms. The molecule has 0 spiro atoms. The Morgan fingerprint density at radius 1 is 1.30 bits per heavy atom. The van der Waals surface area contributed by atoms with E-state index in [-0.39, 0.29) is 30.3 Å². The Bertz CT molecular complexity index is 502. The van der Waals surface area contributed by atoms with Gasteiger partial charge in [0.1, 0.15) is 0 Å². The fraction of sp³-hybridized carbons (Fsp3) is 0.500. The largest absolute Gasteiger partial charge is 0.378 e. The van der Waals surface area contributed by atoms with Gasteiger partial charge in [-0.1, -0.05) is 12.1 Å². The maximum absolute atomic E-state index is 11.8. The third kappa shape index (κ3) is 7.45. The molecule has 1 atom stereocenters. The number of rotatable bonds is 6. The summed E-state index contributed by atoms with van der Waals surface area (Å²) in [5, 5.41) is 8.90. The minimum absolute atomic E-state index is 0. The quantitative estimate of drug-likeness (QED) is 0.724. The van der Waals surface area contributed by atoms with Crippen molar-refractivity contribution in [3.63, 3.8) is 0 Å². The molecular formula is C16H24ClN3O3. The molecule has 128 valence electrons. The number of carbonyl (C=O) groups excluding carboxylic acids is 2. The van der Waals surface area contributed by atoms with E-state index in [0.717, 1.165) is 24.2 Å². The number of morpholine rings is 1. The van der Waals surface area contributed by atoms with Crippen LogP contribution in [0.1, 0.15) is 18.9 Å². The van der Waals surface area contributed by atoms with Gasteiger partial charge in [-0.2, -0.15) is 0 Å². The lowest BCUT2D eigenvalue weighted by molar-refractivity contribution is -0.122. The molecule has 6 nitrogen and oxygen atoms in total. The standard InChI is InChI=1S/C16H23N3O3.ClH/c1-12(20)19-14-4-2-13(3-5-14)6-7-18-16(21)10-15-11-22-9-8-17-15;/h2-5,15,17H,6-11H2,1H3,(H,18,21)(H,19,20);1H. The van der Waals surface area contributed by atoms with E-state index < -0.39 is 0 Å². The highest BCUT2D eigenvalue weighted by Gasteiger charge is 2.16. The first-order chi connectivity index (χ1) is 10.6. The third-order valence-corrected chi connectivity index (χ3v) is 3.44. The zero-order chi connectivity index (χ0) is 15.8. The summed E-state index contributed by atoms with van der Waals surface area (Å²) in [4.78, 5) is 22.8. The van der Waals surface area contributed by atoms with Gasteiger partial charge in [-0.25, -0.2) is 0 Å². The van der Waals surface area contributed by atoms with Crippen LogP contribution in [0.2, 0.25) is 0 Å². The molecule has 2 amide bonds. The first kappa shape index (κ1) is 19.4. The van der Waals surface area contributed by atoms with Crippen molar-refractivity contribution >= 4 is 29.9 Å². The van der Waals surface area contributed by atoms with E-state index in [1.54, 1.807) is 0 Å². The van der Waals surface area contributed by atoms with E-state index in [1.165, 1.54) is 6.92 Å². The van der Waals surface area contributed by atoms with Crippen molar-refractivity contribution in [3.8, 4) is 0 Å². The lowest BCUT2D eigenvalue weighted by Gasteiger charge is -2.23. The van der Waals surface area contributed by atoms with Crippen molar-refractivity contribution in [3.05, 3.63) is 29.8 Å².